The molecule has 0 aromatic rings. The lowest BCUT2D eigenvalue weighted by Gasteiger charge is -2.21. The van der Waals surface area contributed by atoms with Crippen LogP contribution in [0.4, 0.5) is 0 Å². The fourth-order valence-corrected chi connectivity index (χ4v) is 12.6. The number of aliphatic hydroxyl groups is 1. The third-order valence-electron chi connectivity index (χ3n) is 16.8. The van der Waals surface area contributed by atoms with Crippen LogP contribution in [0.5, 0.6) is 0 Å². The van der Waals surface area contributed by atoms with Crippen LogP contribution in [0.2, 0.25) is 0 Å². The van der Waals surface area contributed by atoms with E-state index in [2.05, 4.69) is 34.6 Å². The number of carbonyl (C=O) groups is 4. The van der Waals surface area contributed by atoms with Crippen molar-refractivity contribution in [2.75, 3.05) is 39.6 Å². The van der Waals surface area contributed by atoms with Gasteiger partial charge in [-0.05, 0) is 31.6 Å². The van der Waals surface area contributed by atoms with E-state index >= 15 is 0 Å². The molecular weight excluding hydrogens is 1200 g/mol. The number of esters is 4. The summed E-state index contributed by atoms with van der Waals surface area (Å²) in [5, 5.41) is 10.6. The van der Waals surface area contributed by atoms with Crippen LogP contribution >= 0.6 is 15.6 Å². The normalized spacial score (nSPS) is 14.0. The Balaban J connectivity index is 5.21. The van der Waals surface area contributed by atoms with Crippen molar-refractivity contribution in [3.63, 3.8) is 0 Å². The highest BCUT2D eigenvalue weighted by Crippen LogP contribution is 2.45. The molecule has 0 saturated carbocycles. The third-order valence-corrected chi connectivity index (χ3v) is 18.7. The lowest BCUT2D eigenvalue weighted by atomic mass is 10.0. The molecule has 0 fully saturated rings. The Morgan fingerprint density at radius 2 is 0.505 bits per heavy atom. The summed E-state index contributed by atoms with van der Waals surface area (Å²) < 4.78 is 68.3. The minimum atomic E-state index is -4.95. The Bertz CT molecular complexity index is 1750. The molecule has 0 heterocycles. The smallest absolute Gasteiger partial charge is 0.462 e. The van der Waals surface area contributed by atoms with E-state index in [9.17, 15) is 43.2 Å². The molecule has 17 nitrogen and oxygen atoms in total. The zero-order valence-corrected chi connectivity index (χ0v) is 60.8. The van der Waals surface area contributed by atoms with E-state index in [1.165, 1.54) is 199 Å². The third kappa shape index (κ3) is 66.5. The molecular formula is C72H140O17P2. The number of hydrogen-bond donors (Lipinski definition) is 3. The second-order valence-corrected chi connectivity index (χ2v) is 29.4. The van der Waals surface area contributed by atoms with E-state index < -0.39 is 97.5 Å². The predicted octanol–water partition coefficient (Wildman–Crippen LogP) is 20.9. The molecule has 0 aliphatic carbocycles. The van der Waals surface area contributed by atoms with Crippen molar-refractivity contribution in [3.8, 4) is 0 Å². The van der Waals surface area contributed by atoms with Crippen LogP contribution in [0.3, 0.4) is 0 Å². The van der Waals surface area contributed by atoms with Crippen LogP contribution in [0.15, 0.2) is 0 Å². The summed E-state index contributed by atoms with van der Waals surface area (Å²) in [6, 6.07) is 0. The minimum Gasteiger partial charge on any atom is -0.462 e. The molecule has 91 heavy (non-hydrogen) atoms. The lowest BCUT2D eigenvalue weighted by molar-refractivity contribution is -0.161. The van der Waals surface area contributed by atoms with Gasteiger partial charge in [-0.3, -0.25) is 37.3 Å². The highest BCUT2D eigenvalue weighted by atomic mass is 31.2. The number of rotatable bonds is 72. The summed E-state index contributed by atoms with van der Waals surface area (Å²) in [4.78, 5) is 72.6. The van der Waals surface area contributed by atoms with Gasteiger partial charge in [0.25, 0.3) is 0 Å². The molecule has 0 aliphatic rings. The highest BCUT2D eigenvalue weighted by molar-refractivity contribution is 7.47. The summed E-state index contributed by atoms with van der Waals surface area (Å²) in [6.07, 6.45) is 52.6. The van der Waals surface area contributed by atoms with Gasteiger partial charge in [0, 0.05) is 25.7 Å². The van der Waals surface area contributed by atoms with Crippen LogP contribution in [-0.2, 0) is 65.4 Å². The number of hydrogen-bond acceptors (Lipinski definition) is 15. The Morgan fingerprint density at radius 1 is 0.297 bits per heavy atom. The average Bonchev–Trinajstić information content (AvgIpc) is 2.47. The molecule has 3 N–H and O–H groups in total. The van der Waals surface area contributed by atoms with E-state index in [1.807, 2.05) is 0 Å². The molecule has 0 rings (SSSR count). The van der Waals surface area contributed by atoms with Crippen LogP contribution in [0.1, 0.15) is 375 Å². The molecule has 5 atom stereocenters. The molecule has 2 unspecified atom stereocenters. The minimum absolute atomic E-state index is 0.107. The van der Waals surface area contributed by atoms with Crippen molar-refractivity contribution >= 4 is 39.5 Å². The first-order valence-electron chi connectivity index (χ1n) is 37.6. The molecule has 19 heteroatoms. The van der Waals surface area contributed by atoms with E-state index in [0.717, 1.165) is 95.8 Å². The highest BCUT2D eigenvalue weighted by Gasteiger charge is 2.30. The Labute approximate surface area is 556 Å². The van der Waals surface area contributed by atoms with E-state index in [0.29, 0.717) is 25.7 Å². The molecule has 540 valence electrons. The fourth-order valence-electron chi connectivity index (χ4n) is 11.0. The van der Waals surface area contributed by atoms with Crippen molar-refractivity contribution in [1.82, 2.24) is 0 Å². The number of phosphoric acid groups is 2. The standard InChI is InChI=1S/C72H140O17P2/c1-6-9-12-15-18-21-23-27-32-36-41-46-51-56-70(75)83-62-68(89-72(77)58-53-48-43-38-33-29-26-24-25-28-31-35-39-44-49-54-65(4)5)64-87-91(80,81)85-60-66(73)59-84-90(78,79)86-63-67(61-82-69(74)55-50-45-40-34-20-17-14-11-8-3)88-71(76)57-52-47-42-37-30-22-19-16-13-10-7-2/h65-68,73H,6-64H2,1-5H3,(H,78,79)(H,80,81)/t66-,67+,68+/m0/s1. The number of carbonyl (C=O) groups excluding carboxylic acids is 4. The number of unbranched alkanes of at least 4 members (excludes halogenated alkanes) is 44. The Morgan fingerprint density at radius 3 is 0.747 bits per heavy atom. The van der Waals surface area contributed by atoms with Gasteiger partial charge in [-0.1, -0.05) is 324 Å². The second-order valence-electron chi connectivity index (χ2n) is 26.5. The first-order chi connectivity index (χ1) is 44.0. The van der Waals surface area contributed by atoms with Gasteiger partial charge in [-0.15, -0.1) is 0 Å². The quantitative estimate of drug-likeness (QED) is 0.0222. The first-order valence-corrected chi connectivity index (χ1v) is 40.6. The maximum absolute atomic E-state index is 13.0. The van der Waals surface area contributed by atoms with Crippen molar-refractivity contribution in [2.24, 2.45) is 5.92 Å². The molecule has 0 aliphatic heterocycles. The monoisotopic (exact) mass is 1340 g/mol. The molecule has 0 spiro atoms. The molecule has 0 aromatic carbocycles. The van der Waals surface area contributed by atoms with Crippen LogP contribution in [0.25, 0.3) is 0 Å². The van der Waals surface area contributed by atoms with Crippen LogP contribution < -0.4 is 0 Å². The number of ether oxygens (including phenoxy) is 4. The van der Waals surface area contributed by atoms with Gasteiger partial charge in [0.1, 0.15) is 19.3 Å². The summed E-state index contributed by atoms with van der Waals surface area (Å²) in [5.41, 5.74) is 0. The van der Waals surface area contributed by atoms with Crippen LogP contribution in [0, 0.1) is 5.92 Å². The largest absolute Gasteiger partial charge is 0.472 e. The van der Waals surface area contributed by atoms with Crippen LogP contribution in [-0.4, -0.2) is 96.7 Å². The maximum atomic E-state index is 13.0. The number of aliphatic hydroxyl groups excluding tert-OH is 1. The maximum Gasteiger partial charge on any atom is 0.472 e. The summed E-state index contributed by atoms with van der Waals surface area (Å²) in [6.45, 7) is 7.27. The molecule has 0 radical (unpaired) electrons. The summed E-state index contributed by atoms with van der Waals surface area (Å²) >= 11 is 0. The second kappa shape index (κ2) is 65.4. The molecule has 0 bridgehead atoms. The Kier molecular flexibility index (Phi) is 64.0. The van der Waals surface area contributed by atoms with E-state index in [4.69, 9.17) is 37.0 Å². The first kappa shape index (κ1) is 89.1. The van der Waals surface area contributed by atoms with E-state index in [-0.39, 0.29) is 25.7 Å². The van der Waals surface area contributed by atoms with Gasteiger partial charge in [0.15, 0.2) is 12.2 Å². The van der Waals surface area contributed by atoms with Crippen molar-refractivity contribution in [1.29, 1.82) is 0 Å². The lowest BCUT2D eigenvalue weighted by Crippen LogP contribution is -2.30. The molecule has 0 amide bonds. The van der Waals surface area contributed by atoms with Gasteiger partial charge >= 0.3 is 39.5 Å². The summed E-state index contributed by atoms with van der Waals surface area (Å²) in [5.74, 6) is -1.32. The summed E-state index contributed by atoms with van der Waals surface area (Å²) in [7, 11) is -9.90. The van der Waals surface area contributed by atoms with Gasteiger partial charge in [0.05, 0.1) is 26.4 Å². The van der Waals surface area contributed by atoms with Crippen molar-refractivity contribution in [3.05, 3.63) is 0 Å². The zero-order chi connectivity index (χ0) is 67.0. The predicted molar refractivity (Wildman–Crippen MR) is 368 cm³/mol. The SMILES string of the molecule is CCCCCCCCCCCCCCCC(=O)OC[C@H](COP(=O)(O)OC[C@@H](O)COP(=O)(O)OC[C@@H](COC(=O)CCCCCCCCCCC)OC(=O)CCCCCCCCCCCCC)OC(=O)CCCCCCCCCCCCCCCCCC(C)C. The van der Waals surface area contributed by atoms with Gasteiger partial charge in [0.2, 0.25) is 0 Å². The Hall–Kier alpha value is -1.94. The number of phosphoric ester groups is 2. The van der Waals surface area contributed by atoms with Gasteiger partial charge < -0.3 is 33.8 Å². The molecule has 0 saturated heterocycles. The zero-order valence-electron chi connectivity index (χ0n) is 59.0. The fraction of sp³-hybridized carbons (Fsp3) is 0.944. The van der Waals surface area contributed by atoms with Gasteiger partial charge in [-0.2, -0.15) is 0 Å². The topological polar surface area (TPSA) is 237 Å². The van der Waals surface area contributed by atoms with Crippen molar-refractivity contribution < 1.29 is 80.2 Å². The van der Waals surface area contributed by atoms with E-state index in [1.54, 1.807) is 0 Å². The van der Waals surface area contributed by atoms with Crippen molar-refractivity contribution in [2.45, 2.75) is 393 Å². The molecule has 0 aromatic heterocycles. The average molecular weight is 1340 g/mol. The van der Waals surface area contributed by atoms with Gasteiger partial charge in [-0.25, -0.2) is 9.13 Å².